The van der Waals surface area contributed by atoms with Gasteiger partial charge in [0.2, 0.25) is 5.96 Å². The van der Waals surface area contributed by atoms with Gasteiger partial charge in [-0.1, -0.05) is 25.4 Å². The number of nitrogens with one attached hydrogen (secondary N) is 2. The molecule has 18 heavy (non-hydrogen) atoms. The molecule has 100 valence electrons. The standard InChI is InChI=1S/C12H19ClN4O/c1-8(2)7-15-12(17-14)16-10-6-9(13)4-5-11(10)18-3/h4-6,8H,7,14H2,1-3H3,(H2,15,16,17). The lowest BCUT2D eigenvalue weighted by Crippen LogP contribution is -2.36. The SMILES string of the molecule is COc1ccc(Cl)cc1NC(=NCC(C)C)NN. The summed E-state index contributed by atoms with van der Waals surface area (Å²) in [5, 5.41) is 3.66. The summed E-state index contributed by atoms with van der Waals surface area (Å²) >= 11 is 5.94. The third kappa shape index (κ3) is 4.43. The molecule has 0 aliphatic carbocycles. The first kappa shape index (κ1) is 14.6. The molecule has 0 unspecified atom stereocenters. The van der Waals surface area contributed by atoms with E-state index in [9.17, 15) is 0 Å². The number of hydrogen-bond acceptors (Lipinski definition) is 3. The number of rotatable bonds is 4. The minimum absolute atomic E-state index is 0.455. The zero-order valence-electron chi connectivity index (χ0n) is 10.8. The Hall–Kier alpha value is -1.46. The topological polar surface area (TPSA) is 71.7 Å². The molecular formula is C12H19ClN4O. The molecule has 0 aliphatic rings. The highest BCUT2D eigenvalue weighted by Gasteiger charge is 2.06. The van der Waals surface area contributed by atoms with E-state index in [2.05, 4.69) is 29.6 Å². The van der Waals surface area contributed by atoms with E-state index in [0.29, 0.717) is 34.9 Å². The fourth-order valence-electron chi connectivity index (χ4n) is 1.30. The molecule has 6 heteroatoms. The lowest BCUT2D eigenvalue weighted by molar-refractivity contribution is 0.417. The Balaban J connectivity index is 2.87. The van der Waals surface area contributed by atoms with E-state index in [-0.39, 0.29) is 0 Å². The van der Waals surface area contributed by atoms with Crippen molar-refractivity contribution in [3.8, 4) is 5.75 Å². The van der Waals surface area contributed by atoms with Crippen molar-refractivity contribution < 1.29 is 4.74 Å². The molecule has 0 amide bonds. The number of ether oxygens (including phenoxy) is 1. The molecule has 1 aromatic carbocycles. The van der Waals surface area contributed by atoms with Crippen LogP contribution < -0.4 is 21.3 Å². The first-order valence-electron chi connectivity index (χ1n) is 5.68. The van der Waals surface area contributed by atoms with Crippen LogP contribution in [0.25, 0.3) is 0 Å². The van der Waals surface area contributed by atoms with Gasteiger partial charge in [-0.15, -0.1) is 0 Å². The van der Waals surface area contributed by atoms with Crippen LogP contribution in [0, 0.1) is 5.92 Å². The number of hydrogen-bond donors (Lipinski definition) is 3. The van der Waals surface area contributed by atoms with E-state index in [1.807, 2.05) is 0 Å². The van der Waals surface area contributed by atoms with Gasteiger partial charge in [0.05, 0.1) is 12.8 Å². The predicted octanol–water partition coefficient (Wildman–Crippen LogP) is 2.24. The summed E-state index contributed by atoms with van der Waals surface area (Å²) in [5.41, 5.74) is 3.23. The van der Waals surface area contributed by atoms with Crippen LogP contribution in [0.4, 0.5) is 5.69 Å². The summed E-state index contributed by atoms with van der Waals surface area (Å²) in [6.07, 6.45) is 0. The summed E-state index contributed by atoms with van der Waals surface area (Å²) in [5.74, 6) is 7.02. The molecule has 0 fully saturated rings. The molecule has 1 rings (SSSR count). The van der Waals surface area contributed by atoms with Crippen molar-refractivity contribution in [3.05, 3.63) is 23.2 Å². The second-order valence-electron chi connectivity index (χ2n) is 4.20. The van der Waals surface area contributed by atoms with Crippen molar-refractivity contribution in [3.63, 3.8) is 0 Å². The van der Waals surface area contributed by atoms with Gasteiger partial charge in [-0.05, 0) is 24.1 Å². The average molecular weight is 271 g/mol. The predicted molar refractivity (Wildman–Crippen MR) is 76.1 cm³/mol. The molecule has 0 atom stereocenters. The minimum Gasteiger partial charge on any atom is -0.495 e. The van der Waals surface area contributed by atoms with E-state index >= 15 is 0 Å². The van der Waals surface area contributed by atoms with Gasteiger partial charge < -0.3 is 10.1 Å². The van der Waals surface area contributed by atoms with Crippen molar-refractivity contribution in [1.29, 1.82) is 0 Å². The molecule has 5 nitrogen and oxygen atoms in total. The van der Waals surface area contributed by atoms with Crippen LogP contribution in [-0.2, 0) is 0 Å². The average Bonchev–Trinajstić information content (AvgIpc) is 2.34. The van der Waals surface area contributed by atoms with Crippen molar-refractivity contribution in [2.45, 2.75) is 13.8 Å². The van der Waals surface area contributed by atoms with E-state index in [4.69, 9.17) is 22.2 Å². The summed E-state index contributed by atoms with van der Waals surface area (Å²) in [6.45, 7) is 4.84. The number of nitrogens with two attached hydrogens (primary N) is 1. The maximum atomic E-state index is 5.94. The van der Waals surface area contributed by atoms with Gasteiger partial charge in [0.25, 0.3) is 0 Å². The number of hydrazine groups is 1. The number of guanidine groups is 1. The molecule has 1 aromatic rings. The fourth-order valence-corrected chi connectivity index (χ4v) is 1.47. The van der Waals surface area contributed by atoms with E-state index in [1.54, 1.807) is 25.3 Å². The number of nitrogens with zero attached hydrogens (tertiary/aromatic N) is 1. The summed E-state index contributed by atoms with van der Waals surface area (Å²) < 4.78 is 5.23. The molecule has 0 saturated carbocycles. The summed E-state index contributed by atoms with van der Waals surface area (Å²) in [7, 11) is 1.59. The number of aliphatic imine (C=N–C) groups is 1. The van der Waals surface area contributed by atoms with Gasteiger partial charge in [0, 0.05) is 11.6 Å². The van der Waals surface area contributed by atoms with Crippen LogP contribution in [0.5, 0.6) is 5.75 Å². The van der Waals surface area contributed by atoms with Crippen molar-refractivity contribution in [2.24, 2.45) is 16.8 Å². The largest absolute Gasteiger partial charge is 0.495 e. The molecular weight excluding hydrogens is 252 g/mol. The van der Waals surface area contributed by atoms with Crippen LogP contribution in [0.1, 0.15) is 13.8 Å². The lowest BCUT2D eigenvalue weighted by atomic mass is 10.2. The second-order valence-corrected chi connectivity index (χ2v) is 4.63. The third-order valence-electron chi connectivity index (χ3n) is 2.17. The second kappa shape index (κ2) is 7.08. The smallest absolute Gasteiger partial charge is 0.210 e. The molecule has 0 aromatic heterocycles. The highest BCUT2D eigenvalue weighted by atomic mass is 35.5. The monoisotopic (exact) mass is 270 g/mol. The van der Waals surface area contributed by atoms with E-state index in [0.717, 1.165) is 0 Å². The van der Waals surface area contributed by atoms with Gasteiger partial charge in [-0.2, -0.15) is 0 Å². The highest BCUT2D eigenvalue weighted by Crippen LogP contribution is 2.27. The molecule has 0 heterocycles. The Kier molecular flexibility index (Phi) is 5.74. The van der Waals surface area contributed by atoms with E-state index in [1.165, 1.54) is 0 Å². The van der Waals surface area contributed by atoms with Gasteiger partial charge >= 0.3 is 0 Å². The maximum Gasteiger partial charge on any atom is 0.210 e. The van der Waals surface area contributed by atoms with Crippen LogP contribution in [0.3, 0.4) is 0 Å². The first-order valence-corrected chi connectivity index (χ1v) is 6.06. The molecule has 0 aliphatic heterocycles. The Morgan fingerprint density at radius 1 is 1.50 bits per heavy atom. The highest BCUT2D eigenvalue weighted by molar-refractivity contribution is 6.31. The molecule has 4 N–H and O–H groups in total. The van der Waals surface area contributed by atoms with Crippen molar-refractivity contribution in [2.75, 3.05) is 19.0 Å². The summed E-state index contributed by atoms with van der Waals surface area (Å²) in [4.78, 5) is 4.31. The van der Waals surface area contributed by atoms with Gasteiger partial charge in [0.1, 0.15) is 5.75 Å². The number of benzene rings is 1. The summed E-state index contributed by atoms with van der Waals surface area (Å²) in [6, 6.07) is 5.29. The van der Waals surface area contributed by atoms with Crippen LogP contribution in [0.2, 0.25) is 5.02 Å². The number of anilines is 1. The zero-order chi connectivity index (χ0) is 13.5. The first-order chi connectivity index (χ1) is 8.56. The van der Waals surface area contributed by atoms with Crippen LogP contribution in [0.15, 0.2) is 23.2 Å². The fraction of sp³-hybridized carbons (Fsp3) is 0.417. The van der Waals surface area contributed by atoms with Gasteiger partial charge in [-0.3, -0.25) is 10.4 Å². The Bertz CT molecular complexity index is 421. The Morgan fingerprint density at radius 2 is 2.22 bits per heavy atom. The van der Waals surface area contributed by atoms with Gasteiger partial charge in [-0.25, -0.2) is 5.84 Å². The number of halogens is 1. The molecule has 0 spiro atoms. The Labute approximate surface area is 112 Å². The normalized spacial score (nSPS) is 11.6. The van der Waals surface area contributed by atoms with Crippen LogP contribution in [-0.4, -0.2) is 19.6 Å². The maximum absolute atomic E-state index is 5.94. The van der Waals surface area contributed by atoms with Crippen LogP contribution >= 0.6 is 11.6 Å². The molecule has 0 bridgehead atoms. The number of methoxy groups -OCH3 is 1. The molecule has 0 radical (unpaired) electrons. The van der Waals surface area contributed by atoms with E-state index < -0.39 is 0 Å². The molecule has 0 saturated heterocycles. The van der Waals surface area contributed by atoms with Gasteiger partial charge in [0.15, 0.2) is 0 Å². The quantitative estimate of drug-likeness (QED) is 0.340. The van der Waals surface area contributed by atoms with Crippen molar-refractivity contribution >= 4 is 23.2 Å². The zero-order valence-corrected chi connectivity index (χ0v) is 11.6. The minimum atomic E-state index is 0.455. The van der Waals surface area contributed by atoms with Crippen molar-refractivity contribution in [1.82, 2.24) is 5.43 Å². The third-order valence-corrected chi connectivity index (χ3v) is 2.40. The Morgan fingerprint density at radius 3 is 2.78 bits per heavy atom. The lowest BCUT2D eigenvalue weighted by Gasteiger charge is -2.13.